The van der Waals surface area contributed by atoms with Crippen molar-refractivity contribution in [2.45, 2.75) is 71.9 Å². The molecule has 1 aromatic heterocycles. The third kappa shape index (κ3) is 4.70. The summed E-state index contributed by atoms with van der Waals surface area (Å²) in [5.41, 5.74) is 6.13. The molecule has 180 valence electrons. The van der Waals surface area contributed by atoms with Gasteiger partial charge in [0.2, 0.25) is 11.9 Å². The number of aromatic nitrogens is 2. The lowest BCUT2D eigenvalue weighted by Crippen LogP contribution is -2.47. The summed E-state index contributed by atoms with van der Waals surface area (Å²) in [6.07, 6.45) is 6.69. The Kier molecular flexibility index (Phi) is 6.62. The van der Waals surface area contributed by atoms with Crippen LogP contribution in [0.5, 0.6) is 0 Å². The molecule has 0 bridgehead atoms. The van der Waals surface area contributed by atoms with E-state index >= 15 is 0 Å². The normalized spacial score (nSPS) is 21.7. The standard InChI is InChI=1S/C29H38N4O/c1-20-12-13-21(2)24(18-20)19-33-27-11-7-6-10-26(27)31-29(33)32-16-14-23(15-17-32)28(34)30-25-9-5-4-8-22(25)3/h6-7,10-13,18,22-23,25H,4-5,8-9,14-17,19H2,1-3H3,(H,30,34)/t22-,25+/m0/s1. The number of carbonyl (C=O) groups is 1. The van der Waals surface area contributed by atoms with E-state index in [0.29, 0.717) is 12.0 Å². The van der Waals surface area contributed by atoms with E-state index in [1.807, 2.05) is 0 Å². The van der Waals surface area contributed by atoms with Gasteiger partial charge in [0.15, 0.2) is 0 Å². The minimum atomic E-state index is 0.113. The van der Waals surface area contributed by atoms with E-state index in [1.165, 1.54) is 41.5 Å². The van der Waals surface area contributed by atoms with Crippen LogP contribution < -0.4 is 10.2 Å². The lowest BCUT2D eigenvalue weighted by molar-refractivity contribution is -0.126. The van der Waals surface area contributed by atoms with Crippen molar-refractivity contribution in [3.63, 3.8) is 0 Å². The highest BCUT2D eigenvalue weighted by molar-refractivity contribution is 5.80. The number of hydrogen-bond donors (Lipinski definition) is 1. The van der Waals surface area contributed by atoms with Gasteiger partial charge in [-0.05, 0) is 68.7 Å². The summed E-state index contributed by atoms with van der Waals surface area (Å²) in [6.45, 7) is 9.17. The van der Waals surface area contributed by atoms with Crippen molar-refractivity contribution in [2.24, 2.45) is 11.8 Å². The van der Waals surface area contributed by atoms with Crippen LogP contribution in [0.25, 0.3) is 11.0 Å². The number of nitrogens with zero attached hydrogens (tertiary/aromatic N) is 3. The van der Waals surface area contributed by atoms with Crippen LogP contribution in [0.15, 0.2) is 42.5 Å². The monoisotopic (exact) mass is 458 g/mol. The topological polar surface area (TPSA) is 50.2 Å². The predicted molar refractivity (Wildman–Crippen MR) is 139 cm³/mol. The average molecular weight is 459 g/mol. The molecular formula is C29H38N4O. The molecule has 2 aromatic carbocycles. The lowest BCUT2D eigenvalue weighted by atomic mass is 9.85. The van der Waals surface area contributed by atoms with Crippen LogP contribution in [0.4, 0.5) is 5.95 Å². The zero-order valence-corrected chi connectivity index (χ0v) is 20.9. The molecule has 2 fully saturated rings. The largest absolute Gasteiger partial charge is 0.353 e. The minimum absolute atomic E-state index is 0.113. The van der Waals surface area contributed by atoms with E-state index in [0.717, 1.165) is 50.4 Å². The van der Waals surface area contributed by atoms with Gasteiger partial charge in [0, 0.05) is 25.0 Å². The summed E-state index contributed by atoms with van der Waals surface area (Å²) in [5, 5.41) is 3.39. The van der Waals surface area contributed by atoms with Crippen molar-refractivity contribution >= 4 is 22.9 Å². The summed E-state index contributed by atoms with van der Waals surface area (Å²) in [6, 6.07) is 15.5. The number of aryl methyl sites for hydroxylation is 2. The molecule has 1 aliphatic carbocycles. The fourth-order valence-corrected chi connectivity index (χ4v) is 5.77. The van der Waals surface area contributed by atoms with Crippen LogP contribution in [-0.2, 0) is 11.3 Å². The van der Waals surface area contributed by atoms with Crippen LogP contribution in [-0.4, -0.2) is 34.6 Å². The third-order valence-electron chi connectivity index (χ3n) is 8.06. The SMILES string of the molecule is Cc1ccc(C)c(Cn2c(N3CCC(C(=O)N[C@@H]4CCCC[C@@H]4C)CC3)nc3ccccc32)c1. The van der Waals surface area contributed by atoms with Gasteiger partial charge in [-0.1, -0.05) is 55.7 Å². The van der Waals surface area contributed by atoms with E-state index in [9.17, 15) is 4.79 Å². The number of para-hydroxylation sites is 2. The number of nitrogens with one attached hydrogen (secondary N) is 1. The molecule has 5 rings (SSSR count). The highest BCUT2D eigenvalue weighted by Crippen LogP contribution is 2.30. The molecule has 34 heavy (non-hydrogen) atoms. The van der Waals surface area contributed by atoms with Crippen molar-refractivity contribution in [2.75, 3.05) is 18.0 Å². The van der Waals surface area contributed by atoms with Gasteiger partial charge in [-0.15, -0.1) is 0 Å². The molecule has 2 heterocycles. The van der Waals surface area contributed by atoms with Crippen molar-refractivity contribution in [3.05, 3.63) is 59.2 Å². The second kappa shape index (κ2) is 9.81. The Bertz CT molecular complexity index is 1160. The first-order chi connectivity index (χ1) is 16.5. The van der Waals surface area contributed by atoms with Gasteiger partial charge in [-0.25, -0.2) is 4.98 Å². The van der Waals surface area contributed by atoms with Gasteiger partial charge in [-0.2, -0.15) is 0 Å². The number of imidazole rings is 1. The highest BCUT2D eigenvalue weighted by atomic mass is 16.2. The van der Waals surface area contributed by atoms with E-state index in [1.54, 1.807) is 0 Å². The van der Waals surface area contributed by atoms with Gasteiger partial charge >= 0.3 is 0 Å². The number of anilines is 1. The second-order valence-corrected chi connectivity index (χ2v) is 10.6. The van der Waals surface area contributed by atoms with Crippen molar-refractivity contribution in [1.82, 2.24) is 14.9 Å². The Balaban J connectivity index is 1.32. The average Bonchev–Trinajstić information content (AvgIpc) is 3.21. The van der Waals surface area contributed by atoms with Crippen molar-refractivity contribution in [1.29, 1.82) is 0 Å². The van der Waals surface area contributed by atoms with E-state index in [2.05, 4.69) is 78.0 Å². The van der Waals surface area contributed by atoms with Crippen LogP contribution in [0.2, 0.25) is 0 Å². The molecular weight excluding hydrogens is 420 g/mol. The number of carbonyl (C=O) groups excluding carboxylic acids is 1. The molecule has 5 heteroatoms. The van der Waals surface area contributed by atoms with E-state index in [4.69, 9.17) is 4.98 Å². The molecule has 2 aliphatic rings. The number of fused-ring (bicyclic) bond motifs is 1. The maximum absolute atomic E-state index is 13.0. The van der Waals surface area contributed by atoms with Gasteiger partial charge in [0.25, 0.3) is 0 Å². The summed E-state index contributed by atoms with van der Waals surface area (Å²) in [5.74, 6) is 2.01. The minimum Gasteiger partial charge on any atom is -0.353 e. The maximum atomic E-state index is 13.0. The van der Waals surface area contributed by atoms with E-state index < -0.39 is 0 Å². The summed E-state index contributed by atoms with van der Waals surface area (Å²) in [7, 11) is 0. The number of hydrogen-bond acceptors (Lipinski definition) is 3. The number of amides is 1. The molecule has 1 aliphatic heterocycles. The Morgan fingerprint density at radius 2 is 1.79 bits per heavy atom. The predicted octanol–water partition coefficient (Wildman–Crippen LogP) is 5.61. The molecule has 1 saturated heterocycles. The van der Waals surface area contributed by atoms with Crippen molar-refractivity contribution in [3.8, 4) is 0 Å². The Morgan fingerprint density at radius 1 is 1.03 bits per heavy atom. The first-order valence-electron chi connectivity index (χ1n) is 13.1. The Morgan fingerprint density at radius 3 is 2.59 bits per heavy atom. The van der Waals surface area contributed by atoms with Crippen LogP contribution in [0, 0.1) is 25.7 Å². The van der Waals surface area contributed by atoms with E-state index in [-0.39, 0.29) is 11.8 Å². The number of piperidine rings is 1. The van der Waals surface area contributed by atoms with Crippen molar-refractivity contribution < 1.29 is 4.79 Å². The molecule has 0 unspecified atom stereocenters. The Labute approximate surface area is 203 Å². The van der Waals surface area contributed by atoms with Crippen LogP contribution >= 0.6 is 0 Å². The molecule has 1 amide bonds. The summed E-state index contributed by atoms with van der Waals surface area (Å²) >= 11 is 0. The zero-order chi connectivity index (χ0) is 23.7. The maximum Gasteiger partial charge on any atom is 0.223 e. The third-order valence-corrected chi connectivity index (χ3v) is 8.06. The molecule has 3 aromatic rings. The van der Waals surface area contributed by atoms with Gasteiger partial charge in [0.05, 0.1) is 17.6 Å². The fourth-order valence-electron chi connectivity index (χ4n) is 5.77. The van der Waals surface area contributed by atoms with Crippen LogP contribution in [0.3, 0.4) is 0 Å². The molecule has 1 saturated carbocycles. The number of benzene rings is 2. The fraction of sp³-hybridized carbons (Fsp3) is 0.517. The van der Waals surface area contributed by atoms with Crippen LogP contribution in [0.1, 0.15) is 62.1 Å². The van der Waals surface area contributed by atoms with Gasteiger partial charge < -0.3 is 14.8 Å². The molecule has 5 nitrogen and oxygen atoms in total. The van der Waals surface area contributed by atoms with Gasteiger partial charge in [-0.3, -0.25) is 4.79 Å². The molecule has 0 spiro atoms. The molecule has 2 atom stereocenters. The highest BCUT2D eigenvalue weighted by Gasteiger charge is 2.30. The quantitative estimate of drug-likeness (QED) is 0.540. The lowest BCUT2D eigenvalue weighted by Gasteiger charge is -2.35. The first kappa shape index (κ1) is 22.9. The molecule has 0 radical (unpaired) electrons. The smallest absolute Gasteiger partial charge is 0.223 e. The summed E-state index contributed by atoms with van der Waals surface area (Å²) in [4.78, 5) is 20.5. The number of rotatable bonds is 5. The first-order valence-corrected chi connectivity index (χ1v) is 13.1. The zero-order valence-electron chi connectivity index (χ0n) is 20.9. The Hall–Kier alpha value is -2.82. The second-order valence-electron chi connectivity index (χ2n) is 10.6. The molecule has 1 N–H and O–H groups in total. The van der Waals surface area contributed by atoms with Gasteiger partial charge in [0.1, 0.15) is 0 Å². The summed E-state index contributed by atoms with van der Waals surface area (Å²) < 4.78 is 2.36.